The first-order chi connectivity index (χ1) is 21.3. The molecule has 0 radical (unpaired) electrons. The zero-order valence-electron chi connectivity index (χ0n) is 28.3. The maximum absolute atomic E-state index is 13.1. The van der Waals surface area contributed by atoms with Crippen molar-refractivity contribution in [1.29, 1.82) is 0 Å². The van der Waals surface area contributed by atoms with Crippen molar-refractivity contribution in [3.8, 4) is 0 Å². The molecule has 2 aromatic carbocycles. The number of halogens is 7. The molecule has 0 aromatic heterocycles. The molecule has 1 heterocycles. The van der Waals surface area contributed by atoms with Crippen LogP contribution >= 0.6 is 0 Å². The molecule has 258 valence electrons. The Hall–Kier alpha value is -3.77. The first-order valence-corrected chi connectivity index (χ1v) is 14.2. The average Bonchev–Trinajstić information content (AvgIpc) is 3.29. The summed E-state index contributed by atoms with van der Waals surface area (Å²) in [5.41, 5.74) is 0.327. The minimum atomic E-state index is -4.64. The summed E-state index contributed by atoms with van der Waals surface area (Å²) in [5.74, 6) is -3.98. The lowest BCUT2D eigenvalue weighted by molar-refractivity contribution is -0.156. The number of amides is 1. The Bertz CT molecular complexity index is 1370. The van der Waals surface area contributed by atoms with Crippen LogP contribution in [0, 0.1) is 23.3 Å². The fraction of sp³-hybridized carbons (Fsp3) is 0.515. The standard InChI is InChI=1S/C17H23F2NO3.C12H13F2N.C2HF3O.C2H6/c1-16(2,3)23-15(22)20-17(4,5)9-8-14(21)11-6-7-12(18)13(19)10-11;1-12(2)6-5-11(15-12)8-3-4-9(13)10(14)7-8;3-2(4,5)1-6;1-2/h6-7,10H,8-9H2,1-5H3,(H,20,22);3-4,7H,5-6H2,1-2H3;1H;1-2H3/i;;;1D. The SMILES string of the molecule is CC(C)(CCC(=O)c1ccc(F)c(F)c1)NC(=O)OC(C)(C)C.CC1(C)CCC(c2ccc(F)c(F)c2)=N1.O=CC(F)(F)F.[2H]CC. The molecule has 1 N–H and O–H groups in total. The zero-order valence-corrected chi connectivity index (χ0v) is 27.3. The number of ether oxygens (including phenoxy) is 1. The van der Waals surface area contributed by atoms with E-state index in [1.807, 2.05) is 13.8 Å². The maximum Gasteiger partial charge on any atom is 0.446 e. The van der Waals surface area contributed by atoms with Crippen LogP contribution in [0.15, 0.2) is 41.4 Å². The van der Waals surface area contributed by atoms with Gasteiger partial charge in [0.2, 0.25) is 6.29 Å². The fourth-order valence-corrected chi connectivity index (χ4v) is 3.67. The van der Waals surface area contributed by atoms with Gasteiger partial charge in [0.1, 0.15) is 5.60 Å². The first kappa shape index (κ1) is 40.3. The Morgan fingerprint density at radius 2 is 1.46 bits per heavy atom. The maximum atomic E-state index is 13.1. The molecule has 0 atom stereocenters. The molecule has 0 spiro atoms. The molecule has 0 bridgehead atoms. The third kappa shape index (κ3) is 17.1. The number of carbonyl (C=O) groups excluding carboxylic acids is 3. The zero-order chi connectivity index (χ0) is 36.8. The Balaban J connectivity index is 0.000000748. The molecule has 0 saturated carbocycles. The number of nitrogens with zero attached hydrogens (tertiary/aromatic N) is 1. The van der Waals surface area contributed by atoms with E-state index in [4.69, 9.17) is 10.9 Å². The molecule has 6 nitrogen and oxygen atoms in total. The minimum Gasteiger partial charge on any atom is -0.444 e. The van der Waals surface area contributed by atoms with Crippen LogP contribution in [-0.4, -0.2) is 46.7 Å². The summed E-state index contributed by atoms with van der Waals surface area (Å²) in [7, 11) is 0. The van der Waals surface area contributed by atoms with Crippen molar-refractivity contribution in [3.05, 3.63) is 70.8 Å². The van der Waals surface area contributed by atoms with Crippen molar-refractivity contribution >= 4 is 23.9 Å². The van der Waals surface area contributed by atoms with Crippen molar-refractivity contribution in [2.45, 2.75) is 111 Å². The van der Waals surface area contributed by atoms with E-state index in [2.05, 4.69) is 10.3 Å². The second kappa shape index (κ2) is 17.8. The summed E-state index contributed by atoms with van der Waals surface area (Å²) >= 11 is 0. The van der Waals surface area contributed by atoms with Crippen molar-refractivity contribution < 1.29 is 51.2 Å². The highest BCUT2D eigenvalue weighted by Gasteiger charge is 2.27. The highest BCUT2D eigenvalue weighted by atomic mass is 19.4. The number of aldehydes is 1. The van der Waals surface area contributed by atoms with Gasteiger partial charge in [-0.05, 0) is 104 Å². The first-order valence-electron chi connectivity index (χ1n) is 14.9. The summed E-state index contributed by atoms with van der Waals surface area (Å²) in [6.07, 6.45) is -4.05. The molecule has 0 fully saturated rings. The molecule has 2 aromatic rings. The lowest BCUT2D eigenvalue weighted by Gasteiger charge is -2.28. The number of alkyl halides is 3. The summed E-state index contributed by atoms with van der Waals surface area (Å²) in [6.45, 7) is 15.2. The van der Waals surface area contributed by atoms with E-state index in [0.717, 1.165) is 36.8 Å². The van der Waals surface area contributed by atoms with Gasteiger partial charge in [0, 0.05) is 24.6 Å². The van der Waals surface area contributed by atoms with E-state index in [1.54, 1.807) is 47.6 Å². The summed E-state index contributed by atoms with van der Waals surface area (Å²) < 4.78 is 94.4. The third-order valence-corrected chi connectivity index (χ3v) is 5.86. The summed E-state index contributed by atoms with van der Waals surface area (Å²) in [6, 6.07) is 7.00. The van der Waals surface area contributed by atoms with Crippen LogP contribution in [0.1, 0.15) is 105 Å². The predicted molar refractivity (Wildman–Crippen MR) is 163 cm³/mol. The number of hydrogen-bond acceptors (Lipinski definition) is 5. The lowest BCUT2D eigenvalue weighted by atomic mass is 9.95. The van der Waals surface area contributed by atoms with Crippen LogP contribution in [0.2, 0.25) is 0 Å². The van der Waals surface area contributed by atoms with E-state index < -0.39 is 53.0 Å². The van der Waals surface area contributed by atoms with E-state index in [9.17, 15) is 40.3 Å². The molecule has 0 unspecified atom stereocenters. The second-order valence-electron chi connectivity index (χ2n) is 12.2. The van der Waals surface area contributed by atoms with E-state index in [1.165, 1.54) is 12.1 Å². The van der Waals surface area contributed by atoms with Crippen molar-refractivity contribution in [3.63, 3.8) is 0 Å². The summed E-state index contributed by atoms with van der Waals surface area (Å²) in [4.78, 5) is 37.0. The number of benzene rings is 2. The van der Waals surface area contributed by atoms with E-state index >= 15 is 0 Å². The molecule has 1 aliphatic rings. The number of nitrogens with one attached hydrogen (secondary N) is 1. The van der Waals surface area contributed by atoms with Gasteiger partial charge >= 0.3 is 12.3 Å². The monoisotopic (exact) mass is 665 g/mol. The van der Waals surface area contributed by atoms with Crippen LogP contribution in [0.5, 0.6) is 0 Å². The lowest BCUT2D eigenvalue weighted by Crippen LogP contribution is -2.46. The Labute approximate surface area is 267 Å². The number of ketones is 1. The Morgan fingerprint density at radius 1 is 0.957 bits per heavy atom. The minimum absolute atomic E-state index is 0.0693. The Kier molecular flexibility index (Phi) is 15.6. The van der Waals surface area contributed by atoms with Gasteiger partial charge in [-0.3, -0.25) is 14.6 Å². The normalized spacial score (nSPS) is 14.1. The number of carbonyl (C=O) groups is 3. The van der Waals surface area contributed by atoms with Crippen LogP contribution in [0.3, 0.4) is 0 Å². The molecule has 0 saturated heterocycles. The molecule has 3 rings (SSSR count). The molecule has 1 amide bonds. The second-order valence-corrected chi connectivity index (χ2v) is 12.2. The van der Waals surface area contributed by atoms with Crippen LogP contribution in [0.25, 0.3) is 0 Å². The molecule has 46 heavy (non-hydrogen) atoms. The van der Waals surface area contributed by atoms with Gasteiger partial charge < -0.3 is 10.1 Å². The third-order valence-electron chi connectivity index (χ3n) is 5.86. The van der Waals surface area contributed by atoms with Gasteiger partial charge in [-0.15, -0.1) is 0 Å². The smallest absolute Gasteiger partial charge is 0.444 e. The predicted octanol–water partition coefficient (Wildman–Crippen LogP) is 9.33. The van der Waals surface area contributed by atoms with Gasteiger partial charge in [0.25, 0.3) is 0 Å². The van der Waals surface area contributed by atoms with Crippen LogP contribution < -0.4 is 5.32 Å². The molecule has 13 heteroatoms. The van der Waals surface area contributed by atoms with E-state index in [-0.39, 0.29) is 23.3 Å². The topological polar surface area (TPSA) is 84.8 Å². The van der Waals surface area contributed by atoms with Gasteiger partial charge in [-0.25, -0.2) is 22.4 Å². The quantitative estimate of drug-likeness (QED) is 0.189. The Morgan fingerprint density at radius 3 is 1.87 bits per heavy atom. The van der Waals surface area contributed by atoms with Crippen molar-refractivity contribution in [2.24, 2.45) is 4.99 Å². The number of rotatable bonds is 6. The van der Waals surface area contributed by atoms with Crippen LogP contribution in [0.4, 0.5) is 35.5 Å². The number of hydrogen-bond donors (Lipinski definition) is 1. The van der Waals surface area contributed by atoms with Crippen molar-refractivity contribution in [2.75, 3.05) is 0 Å². The van der Waals surface area contributed by atoms with Gasteiger partial charge in [0.05, 0.1) is 5.54 Å². The van der Waals surface area contributed by atoms with Crippen molar-refractivity contribution in [1.82, 2.24) is 5.32 Å². The van der Waals surface area contributed by atoms with Gasteiger partial charge in [0.15, 0.2) is 29.1 Å². The fourth-order valence-electron chi connectivity index (χ4n) is 3.67. The van der Waals surface area contributed by atoms with Crippen LogP contribution in [-0.2, 0) is 9.53 Å². The number of alkyl carbamates (subject to hydrolysis) is 1. The molecule has 1 aliphatic heterocycles. The molecular weight excluding hydrogens is 621 g/mol. The number of Topliss-reactive ketones (excluding diaryl/α,β-unsaturated/α-hetero) is 1. The molecule has 0 aliphatic carbocycles. The largest absolute Gasteiger partial charge is 0.446 e. The van der Waals surface area contributed by atoms with Gasteiger partial charge in [-0.2, -0.15) is 13.2 Å². The molecular formula is C33H43F7N2O4. The average molecular weight is 666 g/mol. The highest BCUT2D eigenvalue weighted by Crippen LogP contribution is 2.28. The highest BCUT2D eigenvalue weighted by molar-refractivity contribution is 6.02. The van der Waals surface area contributed by atoms with Gasteiger partial charge in [-0.1, -0.05) is 19.9 Å². The summed E-state index contributed by atoms with van der Waals surface area (Å²) in [5, 5.41) is 2.69. The number of aliphatic imine (C=N–C) groups is 1. The van der Waals surface area contributed by atoms with E-state index in [0.29, 0.717) is 18.9 Å².